The van der Waals surface area contributed by atoms with Gasteiger partial charge in [0.15, 0.2) is 0 Å². The minimum Gasteiger partial charge on any atom is -0.345 e. The molecule has 26 heavy (non-hydrogen) atoms. The van der Waals surface area contributed by atoms with Gasteiger partial charge in [0.2, 0.25) is 5.95 Å². The zero-order chi connectivity index (χ0) is 17.6. The second kappa shape index (κ2) is 6.00. The lowest BCUT2D eigenvalue weighted by atomic mass is 10.0. The molecule has 2 atom stereocenters. The van der Waals surface area contributed by atoms with Gasteiger partial charge in [0.1, 0.15) is 6.33 Å². The summed E-state index contributed by atoms with van der Waals surface area (Å²) in [6.45, 7) is 1.78. The van der Waals surface area contributed by atoms with Crippen LogP contribution in [0, 0.1) is 11.8 Å². The number of hydrogen-bond acceptors (Lipinski definition) is 6. The van der Waals surface area contributed by atoms with Crippen molar-refractivity contribution in [2.24, 2.45) is 11.8 Å². The van der Waals surface area contributed by atoms with E-state index < -0.39 is 0 Å². The van der Waals surface area contributed by atoms with E-state index in [9.17, 15) is 4.79 Å². The van der Waals surface area contributed by atoms with Crippen molar-refractivity contribution in [3.63, 3.8) is 0 Å². The van der Waals surface area contributed by atoms with Crippen LogP contribution in [0.5, 0.6) is 0 Å². The maximum atomic E-state index is 12.7. The Kier molecular flexibility index (Phi) is 3.62. The van der Waals surface area contributed by atoms with Crippen molar-refractivity contribution in [2.75, 3.05) is 18.4 Å². The van der Waals surface area contributed by atoms with E-state index in [1.165, 1.54) is 25.6 Å². The minimum atomic E-state index is -0.167. The van der Waals surface area contributed by atoms with Crippen molar-refractivity contribution in [1.29, 1.82) is 0 Å². The monoisotopic (exact) mass is 350 g/mol. The van der Waals surface area contributed by atoms with Crippen LogP contribution in [0.1, 0.15) is 48.0 Å². The lowest BCUT2D eigenvalue weighted by molar-refractivity contribution is 0.0780. The molecule has 1 aliphatic heterocycles. The first-order valence-corrected chi connectivity index (χ1v) is 9.38. The highest BCUT2D eigenvalue weighted by atomic mass is 16.2. The molecule has 2 aromatic rings. The van der Waals surface area contributed by atoms with Gasteiger partial charge in [-0.25, -0.2) is 19.9 Å². The van der Waals surface area contributed by atoms with Crippen molar-refractivity contribution >= 4 is 11.9 Å². The van der Waals surface area contributed by atoms with Crippen LogP contribution in [0.2, 0.25) is 0 Å². The van der Waals surface area contributed by atoms with Crippen molar-refractivity contribution in [2.45, 2.75) is 37.6 Å². The number of likely N-dealkylation sites (tertiary alicyclic amines) is 1. The first-order chi connectivity index (χ1) is 12.7. The van der Waals surface area contributed by atoms with Crippen molar-refractivity contribution < 1.29 is 4.79 Å². The van der Waals surface area contributed by atoms with Gasteiger partial charge in [-0.3, -0.25) is 4.79 Å². The molecular weight excluding hydrogens is 328 g/mol. The van der Waals surface area contributed by atoms with E-state index in [1.54, 1.807) is 12.4 Å². The summed E-state index contributed by atoms with van der Waals surface area (Å²) in [7, 11) is 0. The number of aromatic nitrogens is 4. The maximum absolute atomic E-state index is 12.7. The Labute approximate surface area is 152 Å². The molecule has 0 bridgehead atoms. The summed E-state index contributed by atoms with van der Waals surface area (Å²) in [4.78, 5) is 31.7. The number of amides is 1. The zero-order valence-corrected chi connectivity index (χ0v) is 14.6. The van der Waals surface area contributed by atoms with Crippen molar-refractivity contribution in [3.8, 4) is 0 Å². The van der Waals surface area contributed by atoms with Crippen LogP contribution < -0.4 is 5.32 Å². The smallest absolute Gasteiger partial charge is 0.257 e. The molecule has 2 aliphatic carbocycles. The van der Waals surface area contributed by atoms with Crippen molar-refractivity contribution in [3.05, 3.63) is 42.2 Å². The number of nitrogens with zero attached hydrogens (tertiary/aromatic N) is 5. The Morgan fingerprint density at radius 3 is 2.31 bits per heavy atom. The molecule has 1 N–H and O–H groups in total. The van der Waals surface area contributed by atoms with Crippen LogP contribution in [-0.4, -0.2) is 43.8 Å². The van der Waals surface area contributed by atoms with Gasteiger partial charge >= 0.3 is 0 Å². The molecule has 0 spiro atoms. The molecular formula is C19H22N6O. The molecule has 1 saturated heterocycles. The SMILES string of the molecule is O=C(c1cnc(NC2(c3cncnc3)CC2)nc1)N1CC2CCCC2C1. The summed E-state index contributed by atoms with van der Waals surface area (Å²) in [5, 5.41) is 3.39. The predicted octanol–water partition coefficient (Wildman–Crippen LogP) is 2.24. The van der Waals surface area contributed by atoms with Gasteiger partial charge in [0, 0.05) is 43.4 Å². The first kappa shape index (κ1) is 15.7. The van der Waals surface area contributed by atoms with Crippen molar-refractivity contribution in [1.82, 2.24) is 24.8 Å². The molecule has 2 aromatic heterocycles. The fraction of sp³-hybridized carbons (Fsp3) is 0.526. The fourth-order valence-corrected chi connectivity index (χ4v) is 4.46. The Morgan fingerprint density at radius 2 is 1.69 bits per heavy atom. The molecule has 0 aromatic carbocycles. The molecule has 7 heteroatoms. The normalized spacial score (nSPS) is 25.8. The van der Waals surface area contributed by atoms with Gasteiger partial charge in [-0.2, -0.15) is 0 Å². The number of fused-ring (bicyclic) bond motifs is 1. The number of anilines is 1. The molecule has 7 nitrogen and oxygen atoms in total. The standard InChI is InChI=1S/C19H22N6O/c26-17(25-10-13-2-1-3-14(13)11-25)15-6-22-18(23-7-15)24-19(4-5-19)16-8-20-12-21-9-16/h6-9,12-14H,1-5,10-11H2,(H,22,23,24). The van der Waals surface area contributed by atoms with Crippen LogP contribution in [-0.2, 0) is 5.54 Å². The van der Waals surface area contributed by atoms with Gasteiger partial charge in [-0.15, -0.1) is 0 Å². The van der Waals surface area contributed by atoms with E-state index in [4.69, 9.17) is 0 Å². The van der Waals surface area contributed by atoms with E-state index in [0.29, 0.717) is 23.3 Å². The second-order valence-electron chi connectivity index (χ2n) is 7.79. The topological polar surface area (TPSA) is 83.9 Å². The molecule has 3 heterocycles. The Morgan fingerprint density at radius 1 is 1.04 bits per heavy atom. The highest BCUT2D eigenvalue weighted by Crippen LogP contribution is 2.47. The minimum absolute atomic E-state index is 0.0588. The highest BCUT2D eigenvalue weighted by Gasteiger charge is 2.45. The average molecular weight is 350 g/mol. The lowest BCUT2D eigenvalue weighted by Crippen LogP contribution is -2.30. The van der Waals surface area contributed by atoms with E-state index in [2.05, 4.69) is 25.3 Å². The zero-order valence-electron chi connectivity index (χ0n) is 14.6. The number of carbonyl (C=O) groups is 1. The number of carbonyl (C=O) groups excluding carboxylic acids is 1. The molecule has 2 saturated carbocycles. The predicted molar refractivity (Wildman–Crippen MR) is 95.3 cm³/mol. The number of nitrogens with one attached hydrogen (secondary N) is 1. The number of hydrogen-bond donors (Lipinski definition) is 1. The van der Waals surface area contributed by atoms with E-state index in [1.807, 2.05) is 17.3 Å². The molecule has 5 rings (SSSR count). The lowest BCUT2D eigenvalue weighted by Gasteiger charge is -2.18. The van der Waals surface area contributed by atoms with Crippen LogP contribution in [0.3, 0.4) is 0 Å². The summed E-state index contributed by atoms with van der Waals surface area (Å²) in [6.07, 6.45) is 14.3. The molecule has 1 amide bonds. The van der Waals surface area contributed by atoms with Gasteiger partial charge in [0.05, 0.1) is 11.1 Å². The Balaban J connectivity index is 1.27. The summed E-state index contributed by atoms with van der Waals surface area (Å²) >= 11 is 0. The first-order valence-electron chi connectivity index (χ1n) is 9.38. The summed E-state index contributed by atoms with van der Waals surface area (Å²) in [5.41, 5.74) is 1.45. The third kappa shape index (κ3) is 2.71. The summed E-state index contributed by atoms with van der Waals surface area (Å²) < 4.78 is 0. The third-order valence-corrected chi connectivity index (χ3v) is 6.13. The van der Waals surface area contributed by atoms with Gasteiger partial charge in [-0.05, 0) is 37.5 Å². The van der Waals surface area contributed by atoms with Gasteiger partial charge < -0.3 is 10.2 Å². The Hall–Kier alpha value is -2.57. The molecule has 3 fully saturated rings. The fourth-order valence-electron chi connectivity index (χ4n) is 4.46. The van der Waals surface area contributed by atoms with Crippen LogP contribution in [0.4, 0.5) is 5.95 Å². The van der Waals surface area contributed by atoms with E-state index in [-0.39, 0.29) is 11.4 Å². The largest absolute Gasteiger partial charge is 0.345 e. The summed E-state index contributed by atoms with van der Waals surface area (Å²) in [5.74, 6) is 2.00. The highest BCUT2D eigenvalue weighted by molar-refractivity contribution is 5.94. The molecule has 0 radical (unpaired) electrons. The Bertz CT molecular complexity index is 793. The molecule has 3 aliphatic rings. The molecule has 2 unspecified atom stereocenters. The second-order valence-corrected chi connectivity index (χ2v) is 7.79. The third-order valence-electron chi connectivity index (χ3n) is 6.13. The van der Waals surface area contributed by atoms with Crippen LogP contribution in [0.15, 0.2) is 31.1 Å². The van der Waals surface area contributed by atoms with E-state index in [0.717, 1.165) is 31.5 Å². The van der Waals surface area contributed by atoms with Crippen LogP contribution >= 0.6 is 0 Å². The average Bonchev–Trinajstić information content (AvgIpc) is 3.14. The van der Waals surface area contributed by atoms with Gasteiger partial charge in [-0.1, -0.05) is 6.42 Å². The maximum Gasteiger partial charge on any atom is 0.257 e. The summed E-state index contributed by atoms with van der Waals surface area (Å²) in [6, 6.07) is 0. The quantitative estimate of drug-likeness (QED) is 0.910. The molecule has 134 valence electrons. The van der Waals surface area contributed by atoms with Gasteiger partial charge in [0.25, 0.3) is 5.91 Å². The number of rotatable bonds is 4. The van der Waals surface area contributed by atoms with E-state index >= 15 is 0 Å². The van der Waals surface area contributed by atoms with Crippen LogP contribution in [0.25, 0.3) is 0 Å².